The van der Waals surface area contributed by atoms with E-state index in [0.29, 0.717) is 24.3 Å². The molecule has 0 heterocycles. The second-order valence-electron chi connectivity index (χ2n) is 6.12. The number of hydrogen-bond donors (Lipinski definition) is 2. The van der Waals surface area contributed by atoms with Crippen molar-refractivity contribution < 1.29 is 18.8 Å². The van der Waals surface area contributed by atoms with Gasteiger partial charge in [0.25, 0.3) is 0 Å². The third-order valence-corrected chi connectivity index (χ3v) is 3.85. The number of halogens is 1. The zero-order valence-corrected chi connectivity index (χ0v) is 15.3. The first kappa shape index (κ1) is 20.1. The van der Waals surface area contributed by atoms with Crippen molar-refractivity contribution in [1.82, 2.24) is 4.90 Å². The Morgan fingerprint density at radius 3 is 1.96 bits per heavy atom. The third-order valence-electron chi connectivity index (χ3n) is 3.85. The molecule has 0 saturated heterocycles. The van der Waals surface area contributed by atoms with Gasteiger partial charge in [0.05, 0.1) is 6.54 Å². The molecule has 0 aromatic heterocycles. The van der Waals surface area contributed by atoms with Gasteiger partial charge in [-0.1, -0.05) is 12.1 Å². The van der Waals surface area contributed by atoms with Crippen LogP contribution in [0.2, 0.25) is 0 Å². The van der Waals surface area contributed by atoms with E-state index in [1.54, 1.807) is 36.4 Å². The third kappa shape index (κ3) is 6.89. The summed E-state index contributed by atoms with van der Waals surface area (Å²) >= 11 is 0. The summed E-state index contributed by atoms with van der Waals surface area (Å²) in [6.07, 6.45) is 0.526. The molecule has 0 bridgehead atoms. The maximum Gasteiger partial charge on any atom is 0.243 e. The minimum absolute atomic E-state index is 0.0794. The van der Waals surface area contributed by atoms with E-state index in [1.807, 2.05) is 0 Å². The van der Waals surface area contributed by atoms with Gasteiger partial charge in [-0.3, -0.25) is 14.4 Å². The van der Waals surface area contributed by atoms with Crippen molar-refractivity contribution in [3.63, 3.8) is 0 Å². The molecule has 0 aliphatic heterocycles. The Hall–Kier alpha value is -3.22. The fourth-order valence-electron chi connectivity index (χ4n) is 2.48. The number of benzene rings is 2. The molecule has 0 aliphatic carbocycles. The van der Waals surface area contributed by atoms with Crippen molar-refractivity contribution in [3.8, 4) is 0 Å². The van der Waals surface area contributed by atoms with Crippen molar-refractivity contribution in [3.05, 3.63) is 59.9 Å². The molecule has 2 N–H and O–H groups in total. The minimum Gasteiger partial charge on any atom is -0.333 e. The number of amides is 3. The first-order chi connectivity index (χ1) is 12.8. The summed E-state index contributed by atoms with van der Waals surface area (Å²) in [6.45, 7) is 3.10. The molecule has 27 heavy (non-hydrogen) atoms. The summed E-state index contributed by atoms with van der Waals surface area (Å²) < 4.78 is 12.9. The molecule has 2 rings (SSSR count). The molecule has 2 aromatic carbocycles. The fourth-order valence-corrected chi connectivity index (χ4v) is 2.48. The van der Waals surface area contributed by atoms with Crippen molar-refractivity contribution in [2.45, 2.75) is 20.3 Å². The largest absolute Gasteiger partial charge is 0.333 e. The smallest absolute Gasteiger partial charge is 0.243 e. The van der Waals surface area contributed by atoms with Crippen LogP contribution in [0, 0.1) is 5.82 Å². The number of carbonyl (C=O) groups excluding carboxylic acids is 3. The number of nitrogens with one attached hydrogen (secondary N) is 2. The minimum atomic E-state index is -0.323. The molecule has 0 aliphatic rings. The van der Waals surface area contributed by atoms with E-state index in [2.05, 4.69) is 10.6 Å². The van der Waals surface area contributed by atoms with Gasteiger partial charge in [0.2, 0.25) is 17.7 Å². The van der Waals surface area contributed by atoms with Crippen LogP contribution in [0.5, 0.6) is 0 Å². The molecule has 142 valence electrons. The van der Waals surface area contributed by atoms with Gasteiger partial charge in [-0.15, -0.1) is 0 Å². The summed E-state index contributed by atoms with van der Waals surface area (Å²) in [4.78, 5) is 36.5. The number of rotatable bonds is 7. The number of anilines is 2. The lowest BCUT2D eigenvalue weighted by molar-refractivity contribution is -0.132. The summed E-state index contributed by atoms with van der Waals surface area (Å²) in [5.41, 5.74) is 2.08. The van der Waals surface area contributed by atoms with Crippen LogP contribution in [-0.4, -0.2) is 35.7 Å². The second kappa shape index (κ2) is 9.47. The van der Waals surface area contributed by atoms with Crippen LogP contribution in [0.1, 0.15) is 19.4 Å². The first-order valence-corrected chi connectivity index (χ1v) is 8.51. The highest BCUT2D eigenvalue weighted by molar-refractivity contribution is 5.95. The quantitative estimate of drug-likeness (QED) is 0.786. The highest BCUT2D eigenvalue weighted by Gasteiger charge is 2.14. The first-order valence-electron chi connectivity index (χ1n) is 8.51. The standard InChI is InChI=1S/C20H22FN3O3/c1-14(25)22-18-7-9-19(10-8-18)23-20(27)13-24(15(2)26)12-11-16-3-5-17(21)6-4-16/h3-10H,11-13H2,1-2H3,(H,22,25)(H,23,27). The van der Waals surface area contributed by atoms with Gasteiger partial charge in [-0.05, 0) is 48.4 Å². The molecular formula is C20H22FN3O3. The predicted molar refractivity (Wildman–Crippen MR) is 102 cm³/mol. The Bertz CT molecular complexity index is 804. The summed E-state index contributed by atoms with van der Waals surface area (Å²) in [7, 11) is 0. The van der Waals surface area contributed by atoms with Gasteiger partial charge in [0.1, 0.15) is 5.82 Å². The molecule has 0 unspecified atom stereocenters. The van der Waals surface area contributed by atoms with E-state index >= 15 is 0 Å². The molecule has 0 atom stereocenters. The van der Waals surface area contributed by atoms with Gasteiger partial charge in [0, 0.05) is 31.8 Å². The fraction of sp³-hybridized carbons (Fsp3) is 0.250. The highest BCUT2D eigenvalue weighted by Crippen LogP contribution is 2.13. The van der Waals surface area contributed by atoms with Crippen LogP contribution in [0.3, 0.4) is 0 Å². The molecule has 3 amide bonds. The lowest BCUT2D eigenvalue weighted by atomic mass is 10.1. The number of carbonyl (C=O) groups is 3. The van der Waals surface area contributed by atoms with Gasteiger partial charge < -0.3 is 15.5 Å². The van der Waals surface area contributed by atoms with Crippen LogP contribution in [-0.2, 0) is 20.8 Å². The van der Waals surface area contributed by atoms with Crippen LogP contribution in [0.4, 0.5) is 15.8 Å². The molecule has 7 heteroatoms. The molecule has 6 nitrogen and oxygen atoms in total. The molecular weight excluding hydrogens is 349 g/mol. The summed E-state index contributed by atoms with van der Waals surface area (Å²) in [6, 6.07) is 12.7. The van der Waals surface area contributed by atoms with E-state index in [0.717, 1.165) is 5.56 Å². The Balaban J connectivity index is 1.89. The van der Waals surface area contributed by atoms with Crippen LogP contribution in [0.25, 0.3) is 0 Å². The lowest BCUT2D eigenvalue weighted by Crippen LogP contribution is -2.38. The molecule has 0 fully saturated rings. The number of nitrogens with zero attached hydrogens (tertiary/aromatic N) is 1. The number of hydrogen-bond acceptors (Lipinski definition) is 3. The maximum atomic E-state index is 12.9. The van der Waals surface area contributed by atoms with E-state index in [9.17, 15) is 18.8 Å². The van der Waals surface area contributed by atoms with Crippen molar-refractivity contribution in [2.75, 3.05) is 23.7 Å². The van der Waals surface area contributed by atoms with E-state index < -0.39 is 0 Å². The zero-order chi connectivity index (χ0) is 19.8. The van der Waals surface area contributed by atoms with Crippen molar-refractivity contribution >= 4 is 29.1 Å². The predicted octanol–water partition coefficient (Wildman–Crippen LogP) is 2.81. The molecule has 0 saturated carbocycles. The van der Waals surface area contributed by atoms with Gasteiger partial charge in [-0.25, -0.2) is 4.39 Å². The normalized spacial score (nSPS) is 10.2. The van der Waals surface area contributed by atoms with E-state index in [4.69, 9.17) is 0 Å². The average Bonchev–Trinajstić information content (AvgIpc) is 2.61. The molecule has 2 aromatic rings. The monoisotopic (exact) mass is 371 g/mol. The Morgan fingerprint density at radius 1 is 0.889 bits per heavy atom. The molecule has 0 radical (unpaired) electrons. The SMILES string of the molecule is CC(=O)Nc1ccc(NC(=O)CN(CCc2ccc(F)cc2)C(C)=O)cc1. The molecule has 0 spiro atoms. The van der Waals surface area contributed by atoms with Crippen molar-refractivity contribution in [1.29, 1.82) is 0 Å². The van der Waals surface area contributed by atoms with E-state index in [-0.39, 0.29) is 30.1 Å². The van der Waals surface area contributed by atoms with Gasteiger partial charge in [-0.2, -0.15) is 0 Å². The summed E-state index contributed by atoms with van der Waals surface area (Å²) in [5.74, 6) is -1.03. The van der Waals surface area contributed by atoms with Gasteiger partial charge in [0.15, 0.2) is 0 Å². The van der Waals surface area contributed by atoms with E-state index in [1.165, 1.54) is 30.9 Å². The average molecular weight is 371 g/mol. The van der Waals surface area contributed by atoms with Crippen molar-refractivity contribution in [2.24, 2.45) is 0 Å². The van der Waals surface area contributed by atoms with Crippen LogP contribution >= 0.6 is 0 Å². The Kier molecular flexibility index (Phi) is 7.05. The highest BCUT2D eigenvalue weighted by atomic mass is 19.1. The summed E-state index contributed by atoms with van der Waals surface area (Å²) in [5, 5.41) is 5.36. The Morgan fingerprint density at radius 2 is 1.44 bits per heavy atom. The van der Waals surface area contributed by atoms with Crippen LogP contribution < -0.4 is 10.6 Å². The second-order valence-corrected chi connectivity index (χ2v) is 6.12. The lowest BCUT2D eigenvalue weighted by Gasteiger charge is -2.20. The topological polar surface area (TPSA) is 78.5 Å². The zero-order valence-electron chi connectivity index (χ0n) is 15.3. The maximum absolute atomic E-state index is 12.9. The van der Waals surface area contributed by atoms with Crippen LogP contribution in [0.15, 0.2) is 48.5 Å². The Labute approximate surface area is 157 Å². The van der Waals surface area contributed by atoms with Gasteiger partial charge >= 0.3 is 0 Å².